The Morgan fingerprint density at radius 2 is 2.10 bits per heavy atom. The fraction of sp³-hybridized carbons (Fsp3) is 0.385. The Bertz CT molecular complexity index is 601. The van der Waals surface area contributed by atoms with E-state index in [4.69, 9.17) is 31.3 Å². The van der Waals surface area contributed by atoms with Gasteiger partial charge in [0.15, 0.2) is 11.5 Å². The molecule has 0 aliphatic heterocycles. The van der Waals surface area contributed by atoms with Crippen LogP contribution in [-0.2, 0) is 0 Å². The normalized spacial score (nSPS) is 12.2. The number of ether oxygens (including phenoxy) is 2. The summed E-state index contributed by atoms with van der Waals surface area (Å²) in [7, 11) is 3.06. The molecule has 2 aromatic rings. The number of nitrogens with two attached hydrogens (primary N) is 1. The second-order valence-electron chi connectivity index (χ2n) is 4.16. The SMILES string of the molecule is CCC(N)c1nc(-c2cc(Cl)c(OC)c(OC)c2)no1. The molecule has 1 aromatic carbocycles. The Morgan fingerprint density at radius 1 is 1.35 bits per heavy atom. The van der Waals surface area contributed by atoms with Gasteiger partial charge in [-0.05, 0) is 18.6 Å². The second-order valence-corrected chi connectivity index (χ2v) is 4.57. The molecule has 0 saturated heterocycles. The largest absolute Gasteiger partial charge is 0.493 e. The molecule has 0 fully saturated rings. The molecule has 1 aromatic heterocycles. The van der Waals surface area contributed by atoms with E-state index in [2.05, 4.69) is 10.1 Å². The number of rotatable bonds is 5. The summed E-state index contributed by atoms with van der Waals surface area (Å²) < 4.78 is 15.6. The van der Waals surface area contributed by atoms with Gasteiger partial charge in [0.25, 0.3) is 0 Å². The molecule has 1 heterocycles. The van der Waals surface area contributed by atoms with E-state index < -0.39 is 0 Å². The summed E-state index contributed by atoms with van der Waals surface area (Å²) in [5.41, 5.74) is 6.52. The van der Waals surface area contributed by atoms with Crippen molar-refractivity contribution in [2.75, 3.05) is 14.2 Å². The van der Waals surface area contributed by atoms with Gasteiger partial charge in [0.05, 0.1) is 25.3 Å². The molecule has 0 aliphatic carbocycles. The monoisotopic (exact) mass is 297 g/mol. The molecule has 0 radical (unpaired) electrons. The Balaban J connectivity index is 2.42. The molecule has 2 rings (SSSR count). The zero-order valence-electron chi connectivity index (χ0n) is 11.5. The van der Waals surface area contributed by atoms with Crippen molar-refractivity contribution in [2.24, 2.45) is 5.73 Å². The summed E-state index contributed by atoms with van der Waals surface area (Å²) in [6.07, 6.45) is 0.717. The van der Waals surface area contributed by atoms with Crippen LogP contribution in [0.2, 0.25) is 5.02 Å². The molecule has 0 saturated carbocycles. The molecule has 20 heavy (non-hydrogen) atoms. The number of hydrogen-bond donors (Lipinski definition) is 1. The van der Waals surface area contributed by atoms with Crippen LogP contribution in [0.5, 0.6) is 11.5 Å². The van der Waals surface area contributed by atoms with Gasteiger partial charge >= 0.3 is 0 Å². The highest BCUT2D eigenvalue weighted by Crippen LogP contribution is 2.38. The first kappa shape index (κ1) is 14.6. The molecular weight excluding hydrogens is 282 g/mol. The summed E-state index contributed by atoms with van der Waals surface area (Å²) in [6.45, 7) is 1.95. The fourth-order valence-electron chi connectivity index (χ4n) is 1.72. The van der Waals surface area contributed by atoms with Crippen LogP contribution in [0.3, 0.4) is 0 Å². The van der Waals surface area contributed by atoms with Crippen LogP contribution in [0.25, 0.3) is 11.4 Å². The maximum absolute atomic E-state index is 6.14. The molecule has 0 spiro atoms. The van der Waals surface area contributed by atoms with E-state index in [0.717, 1.165) is 0 Å². The summed E-state index contributed by atoms with van der Waals surface area (Å²) in [6, 6.07) is 3.15. The van der Waals surface area contributed by atoms with E-state index in [0.29, 0.717) is 40.2 Å². The van der Waals surface area contributed by atoms with Gasteiger partial charge in [-0.15, -0.1) is 0 Å². The molecule has 1 atom stereocenters. The number of methoxy groups -OCH3 is 2. The van der Waals surface area contributed by atoms with Crippen molar-refractivity contribution in [1.82, 2.24) is 10.1 Å². The van der Waals surface area contributed by atoms with Crippen molar-refractivity contribution in [1.29, 1.82) is 0 Å². The van der Waals surface area contributed by atoms with Crippen LogP contribution in [0.15, 0.2) is 16.7 Å². The molecule has 2 N–H and O–H groups in total. The average Bonchev–Trinajstić information content (AvgIpc) is 2.95. The molecule has 0 aliphatic rings. The van der Waals surface area contributed by atoms with Crippen LogP contribution >= 0.6 is 11.6 Å². The van der Waals surface area contributed by atoms with Crippen LogP contribution in [0.1, 0.15) is 25.3 Å². The summed E-state index contributed by atoms with van der Waals surface area (Å²) in [4.78, 5) is 4.27. The minimum absolute atomic E-state index is 0.271. The van der Waals surface area contributed by atoms with E-state index in [-0.39, 0.29) is 6.04 Å². The van der Waals surface area contributed by atoms with E-state index in [1.165, 1.54) is 14.2 Å². The van der Waals surface area contributed by atoms with Gasteiger partial charge in [0, 0.05) is 5.56 Å². The van der Waals surface area contributed by atoms with Gasteiger partial charge < -0.3 is 19.7 Å². The lowest BCUT2D eigenvalue weighted by Gasteiger charge is -2.10. The van der Waals surface area contributed by atoms with Gasteiger partial charge in [0.2, 0.25) is 11.7 Å². The highest BCUT2D eigenvalue weighted by atomic mass is 35.5. The molecule has 108 valence electrons. The first-order valence-electron chi connectivity index (χ1n) is 6.11. The van der Waals surface area contributed by atoms with Crippen molar-refractivity contribution in [3.05, 3.63) is 23.0 Å². The van der Waals surface area contributed by atoms with Crippen LogP contribution < -0.4 is 15.2 Å². The van der Waals surface area contributed by atoms with Gasteiger partial charge in [0.1, 0.15) is 0 Å². The minimum Gasteiger partial charge on any atom is -0.493 e. The lowest BCUT2D eigenvalue weighted by Crippen LogP contribution is -2.08. The van der Waals surface area contributed by atoms with Crippen molar-refractivity contribution >= 4 is 11.6 Å². The highest BCUT2D eigenvalue weighted by Gasteiger charge is 2.17. The quantitative estimate of drug-likeness (QED) is 0.913. The smallest absolute Gasteiger partial charge is 0.243 e. The van der Waals surface area contributed by atoms with Crippen LogP contribution in [0, 0.1) is 0 Å². The third-order valence-corrected chi connectivity index (χ3v) is 3.17. The Hall–Kier alpha value is -1.79. The second kappa shape index (κ2) is 6.11. The summed E-state index contributed by atoms with van der Waals surface area (Å²) in [5.74, 6) is 1.77. The van der Waals surface area contributed by atoms with Crippen molar-refractivity contribution in [3.8, 4) is 22.9 Å². The first-order chi connectivity index (χ1) is 9.60. The minimum atomic E-state index is -0.271. The lowest BCUT2D eigenvalue weighted by molar-refractivity contribution is 0.352. The highest BCUT2D eigenvalue weighted by molar-refractivity contribution is 6.32. The summed E-state index contributed by atoms with van der Waals surface area (Å²) in [5, 5.41) is 4.32. The van der Waals surface area contributed by atoms with Crippen molar-refractivity contribution in [3.63, 3.8) is 0 Å². The molecule has 1 unspecified atom stereocenters. The first-order valence-corrected chi connectivity index (χ1v) is 6.49. The zero-order chi connectivity index (χ0) is 14.7. The van der Waals surface area contributed by atoms with Gasteiger partial charge in [-0.25, -0.2) is 0 Å². The Labute approximate surface area is 121 Å². The lowest BCUT2D eigenvalue weighted by atomic mass is 10.2. The standard InChI is InChI=1S/C13H16ClN3O3/c1-4-9(15)13-16-12(17-20-13)7-5-8(14)11(19-3)10(6-7)18-2/h5-6,9H,4,15H2,1-3H3. The van der Waals surface area contributed by atoms with Gasteiger partial charge in [-0.3, -0.25) is 0 Å². The third-order valence-electron chi connectivity index (χ3n) is 2.89. The molecule has 0 amide bonds. The number of halogens is 1. The number of nitrogens with zero attached hydrogens (tertiary/aromatic N) is 2. The number of benzene rings is 1. The van der Waals surface area contributed by atoms with Crippen LogP contribution in [0.4, 0.5) is 0 Å². The van der Waals surface area contributed by atoms with Gasteiger partial charge in [-0.2, -0.15) is 4.98 Å². The average molecular weight is 298 g/mol. The number of aromatic nitrogens is 2. The van der Waals surface area contributed by atoms with Crippen molar-refractivity contribution in [2.45, 2.75) is 19.4 Å². The predicted octanol–water partition coefficient (Wildman–Crippen LogP) is 2.82. The topological polar surface area (TPSA) is 83.4 Å². The zero-order valence-corrected chi connectivity index (χ0v) is 12.3. The maximum atomic E-state index is 6.14. The summed E-state index contributed by atoms with van der Waals surface area (Å²) >= 11 is 6.14. The molecular formula is C13H16ClN3O3. The van der Waals surface area contributed by atoms with Gasteiger partial charge in [-0.1, -0.05) is 23.7 Å². The van der Waals surface area contributed by atoms with Crippen molar-refractivity contribution < 1.29 is 14.0 Å². The van der Waals surface area contributed by atoms with Crippen LogP contribution in [-0.4, -0.2) is 24.4 Å². The Kier molecular flexibility index (Phi) is 4.46. The van der Waals surface area contributed by atoms with E-state index >= 15 is 0 Å². The third kappa shape index (κ3) is 2.71. The fourth-order valence-corrected chi connectivity index (χ4v) is 2.01. The Morgan fingerprint density at radius 3 is 2.70 bits per heavy atom. The predicted molar refractivity (Wildman–Crippen MR) is 75.1 cm³/mol. The van der Waals surface area contributed by atoms with E-state index in [1.807, 2.05) is 6.92 Å². The van der Waals surface area contributed by atoms with E-state index in [9.17, 15) is 0 Å². The molecule has 0 bridgehead atoms. The number of hydrogen-bond acceptors (Lipinski definition) is 6. The molecule has 6 nitrogen and oxygen atoms in total. The van der Waals surface area contributed by atoms with E-state index in [1.54, 1.807) is 12.1 Å². The maximum Gasteiger partial charge on any atom is 0.243 e. The molecule has 7 heteroatoms.